The Labute approximate surface area is 119 Å². The first-order valence-corrected chi connectivity index (χ1v) is 8.07. The third-order valence-corrected chi connectivity index (χ3v) is 4.03. The molecule has 0 spiro atoms. The van der Waals surface area contributed by atoms with Gasteiger partial charge in [-0.05, 0) is 24.6 Å². The van der Waals surface area contributed by atoms with Gasteiger partial charge in [0.15, 0.2) is 5.58 Å². The van der Waals surface area contributed by atoms with Crippen LogP contribution in [0.5, 0.6) is 0 Å². The van der Waals surface area contributed by atoms with Gasteiger partial charge < -0.3 is 10.2 Å². The lowest BCUT2D eigenvalue weighted by Crippen LogP contribution is -1.83. The molecule has 0 aliphatic rings. The maximum Gasteiger partial charge on any atom is 0.256 e. The number of nitrogens with zero attached hydrogens (tertiary/aromatic N) is 1. The average molecular weight is 278 g/mol. The summed E-state index contributed by atoms with van der Waals surface area (Å²) in [7, 11) is 0. The highest BCUT2D eigenvalue weighted by Gasteiger charge is 2.06. The van der Waals surface area contributed by atoms with Gasteiger partial charge in [-0.1, -0.05) is 50.8 Å². The molecule has 0 saturated heterocycles. The average Bonchev–Trinajstić information content (AvgIpc) is 2.79. The maximum absolute atomic E-state index is 5.72. The van der Waals surface area contributed by atoms with E-state index < -0.39 is 0 Å². The number of benzene rings is 1. The summed E-state index contributed by atoms with van der Waals surface area (Å²) < 4.78 is 5.66. The van der Waals surface area contributed by atoms with E-state index in [-0.39, 0.29) is 0 Å². The molecule has 19 heavy (non-hydrogen) atoms. The van der Waals surface area contributed by atoms with Gasteiger partial charge in [-0.15, -0.1) is 0 Å². The zero-order valence-corrected chi connectivity index (χ0v) is 12.3. The minimum absolute atomic E-state index is 0.730. The molecule has 0 bridgehead atoms. The summed E-state index contributed by atoms with van der Waals surface area (Å²) in [6, 6.07) is 5.58. The quantitative estimate of drug-likeness (QED) is 0.425. The zero-order valence-electron chi connectivity index (χ0n) is 11.5. The minimum atomic E-state index is 0.730. The normalized spacial score (nSPS) is 11.2. The van der Waals surface area contributed by atoms with E-state index >= 15 is 0 Å². The summed E-state index contributed by atoms with van der Waals surface area (Å²) in [5.41, 5.74) is 8.13. The Morgan fingerprint density at radius 2 is 1.95 bits per heavy atom. The van der Waals surface area contributed by atoms with Crippen molar-refractivity contribution < 1.29 is 4.42 Å². The number of anilines is 1. The molecular weight excluding hydrogens is 256 g/mol. The van der Waals surface area contributed by atoms with Crippen LogP contribution in [0.15, 0.2) is 27.8 Å². The molecule has 2 N–H and O–H groups in total. The Bertz CT molecular complexity index is 510. The SMILES string of the molecule is CCCCCCCCSc1nc2cc(N)ccc2o1. The molecule has 0 saturated carbocycles. The lowest BCUT2D eigenvalue weighted by atomic mass is 10.1. The Morgan fingerprint density at radius 1 is 1.16 bits per heavy atom. The first-order chi connectivity index (χ1) is 9.29. The first kappa shape index (κ1) is 14.3. The number of unbranched alkanes of at least 4 members (excludes halogenated alkanes) is 5. The van der Waals surface area contributed by atoms with Crippen LogP contribution in [-0.4, -0.2) is 10.7 Å². The smallest absolute Gasteiger partial charge is 0.256 e. The number of thioether (sulfide) groups is 1. The van der Waals surface area contributed by atoms with Crippen molar-refractivity contribution in [3.63, 3.8) is 0 Å². The Balaban J connectivity index is 1.72. The summed E-state index contributed by atoms with van der Waals surface area (Å²) >= 11 is 1.70. The first-order valence-electron chi connectivity index (χ1n) is 7.08. The highest BCUT2D eigenvalue weighted by Crippen LogP contribution is 2.25. The van der Waals surface area contributed by atoms with Crippen LogP contribution < -0.4 is 5.73 Å². The third-order valence-electron chi connectivity index (χ3n) is 3.12. The second-order valence-electron chi connectivity index (χ2n) is 4.82. The van der Waals surface area contributed by atoms with Crippen LogP contribution in [0.2, 0.25) is 0 Å². The molecule has 104 valence electrons. The van der Waals surface area contributed by atoms with Gasteiger partial charge >= 0.3 is 0 Å². The molecule has 3 nitrogen and oxygen atoms in total. The van der Waals surface area contributed by atoms with Gasteiger partial charge in [0.05, 0.1) is 0 Å². The van der Waals surface area contributed by atoms with Gasteiger partial charge in [0.2, 0.25) is 0 Å². The highest BCUT2D eigenvalue weighted by atomic mass is 32.2. The van der Waals surface area contributed by atoms with Crippen molar-refractivity contribution in [3.8, 4) is 0 Å². The van der Waals surface area contributed by atoms with Crippen molar-refractivity contribution in [3.05, 3.63) is 18.2 Å². The lowest BCUT2D eigenvalue weighted by Gasteiger charge is -1.98. The number of nitrogen functional groups attached to an aromatic ring is 1. The van der Waals surface area contributed by atoms with Crippen LogP contribution in [0.3, 0.4) is 0 Å². The standard InChI is InChI=1S/C15H22N2OS/c1-2-3-4-5-6-7-10-19-15-17-13-11-12(16)8-9-14(13)18-15/h8-9,11H,2-7,10,16H2,1H3. The van der Waals surface area contributed by atoms with Crippen molar-refractivity contribution in [2.45, 2.75) is 50.7 Å². The zero-order chi connectivity index (χ0) is 13.5. The predicted molar refractivity (Wildman–Crippen MR) is 82.5 cm³/mol. The highest BCUT2D eigenvalue weighted by molar-refractivity contribution is 7.99. The van der Waals surface area contributed by atoms with Gasteiger partial charge in [0, 0.05) is 11.4 Å². The van der Waals surface area contributed by atoms with Gasteiger partial charge in [0.1, 0.15) is 5.52 Å². The summed E-state index contributed by atoms with van der Waals surface area (Å²) in [6.07, 6.45) is 7.91. The van der Waals surface area contributed by atoms with Crippen LogP contribution in [0.25, 0.3) is 11.1 Å². The van der Waals surface area contributed by atoms with E-state index in [0.29, 0.717) is 0 Å². The Hall–Kier alpha value is -1.16. The molecule has 2 aromatic rings. The molecule has 0 radical (unpaired) electrons. The van der Waals surface area contributed by atoms with E-state index in [1.807, 2.05) is 18.2 Å². The molecule has 4 heteroatoms. The monoisotopic (exact) mass is 278 g/mol. The molecule has 0 aliphatic heterocycles. The molecule has 1 aromatic heterocycles. The summed E-state index contributed by atoms with van der Waals surface area (Å²) in [5, 5.41) is 0.758. The molecule has 0 fully saturated rings. The van der Waals surface area contributed by atoms with E-state index in [2.05, 4.69) is 11.9 Å². The second kappa shape index (κ2) is 7.43. The number of hydrogen-bond acceptors (Lipinski definition) is 4. The molecule has 0 aliphatic carbocycles. The van der Waals surface area contributed by atoms with E-state index in [0.717, 1.165) is 27.8 Å². The molecule has 0 atom stereocenters. The number of rotatable bonds is 8. The minimum Gasteiger partial charge on any atom is -0.431 e. The van der Waals surface area contributed by atoms with Crippen LogP contribution in [0.1, 0.15) is 45.4 Å². The van der Waals surface area contributed by atoms with Crippen molar-refractivity contribution in [2.24, 2.45) is 0 Å². The van der Waals surface area contributed by atoms with Crippen molar-refractivity contribution in [2.75, 3.05) is 11.5 Å². The fourth-order valence-electron chi connectivity index (χ4n) is 2.03. The van der Waals surface area contributed by atoms with E-state index in [4.69, 9.17) is 10.2 Å². The summed E-state index contributed by atoms with van der Waals surface area (Å²) in [5.74, 6) is 1.08. The van der Waals surface area contributed by atoms with Crippen LogP contribution in [0, 0.1) is 0 Å². The molecular formula is C15H22N2OS. The maximum atomic E-state index is 5.72. The number of hydrogen-bond donors (Lipinski definition) is 1. The van der Waals surface area contributed by atoms with E-state index in [9.17, 15) is 0 Å². The van der Waals surface area contributed by atoms with Gasteiger partial charge in [-0.2, -0.15) is 0 Å². The van der Waals surface area contributed by atoms with Gasteiger partial charge in [0.25, 0.3) is 5.22 Å². The third kappa shape index (κ3) is 4.46. The lowest BCUT2D eigenvalue weighted by molar-refractivity contribution is 0.489. The molecule has 0 amide bonds. The van der Waals surface area contributed by atoms with Crippen molar-refractivity contribution in [1.82, 2.24) is 4.98 Å². The van der Waals surface area contributed by atoms with Crippen LogP contribution in [-0.2, 0) is 0 Å². The topological polar surface area (TPSA) is 52.0 Å². The van der Waals surface area contributed by atoms with Gasteiger partial charge in [-0.25, -0.2) is 4.98 Å². The van der Waals surface area contributed by atoms with E-state index in [1.54, 1.807) is 11.8 Å². The summed E-state index contributed by atoms with van der Waals surface area (Å²) in [6.45, 7) is 2.25. The molecule has 0 unspecified atom stereocenters. The largest absolute Gasteiger partial charge is 0.431 e. The Kier molecular flexibility index (Phi) is 5.58. The molecule has 1 heterocycles. The van der Waals surface area contributed by atoms with Crippen LogP contribution in [0.4, 0.5) is 5.69 Å². The second-order valence-corrected chi connectivity index (χ2v) is 5.87. The fraction of sp³-hybridized carbons (Fsp3) is 0.533. The van der Waals surface area contributed by atoms with Crippen molar-refractivity contribution >= 4 is 28.5 Å². The number of aromatic nitrogens is 1. The number of oxazole rings is 1. The molecule has 2 rings (SSSR count). The fourth-order valence-corrected chi connectivity index (χ4v) is 2.86. The molecule has 1 aromatic carbocycles. The van der Waals surface area contributed by atoms with Gasteiger partial charge in [-0.3, -0.25) is 0 Å². The van der Waals surface area contributed by atoms with E-state index in [1.165, 1.54) is 38.5 Å². The van der Waals surface area contributed by atoms with Crippen LogP contribution >= 0.6 is 11.8 Å². The predicted octanol–water partition coefficient (Wildman–Crippen LogP) is 4.86. The summed E-state index contributed by atoms with van der Waals surface area (Å²) in [4.78, 5) is 4.44. The van der Waals surface area contributed by atoms with Crippen molar-refractivity contribution in [1.29, 1.82) is 0 Å². The Morgan fingerprint density at radius 3 is 2.79 bits per heavy atom. The number of nitrogens with two attached hydrogens (primary N) is 1. The number of fused-ring (bicyclic) bond motifs is 1.